The third-order valence-corrected chi connectivity index (χ3v) is 15.4. The van der Waals surface area contributed by atoms with Gasteiger partial charge in [-0.2, -0.15) is 0 Å². The topological polar surface area (TPSA) is 177 Å². The number of carbonyl (C=O) groups excluding carboxylic acids is 1. The Morgan fingerprint density at radius 3 is 2.29 bits per heavy atom. The molecule has 10 nitrogen and oxygen atoms in total. The summed E-state index contributed by atoms with van der Waals surface area (Å²) in [6.45, 7) is 12.1. The van der Waals surface area contributed by atoms with Crippen LogP contribution in [0.3, 0.4) is 0 Å². The fourth-order valence-electron chi connectivity index (χ4n) is 11.9. The minimum absolute atomic E-state index is 0.0509. The van der Waals surface area contributed by atoms with Crippen LogP contribution in [0.1, 0.15) is 92.9 Å². The first kappa shape index (κ1) is 33.8. The van der Waals surface area contributed by atoms with Crippen LogP contribution in [-0.4, -0.2) is 97.3 Å². The maximum atomic E-state index is 14.3. The lowest BCUT2D eigenvalue weighted by Gasteiger charge is -2.72. The van der Waals surface area contributed by atoms with Crippen molar-refractivity contribution in [1.29, 1.82) is 0 Å². The quantitative estimate of drug-likeness (QED) is 0.179. The van der Waals surface area contributed by atoms with Gasteiger partial charge in [0.15, 0.2) is 0 Å². The molecule has 0 aromatic carbocycles. The highest BCUT2D eigenvalue weighted by molar-refractivity contribution is 5.79. The highest BCUT2D eigenvalue weighted by Gasteiger charge is 2.73. The first-order valence-electron chi connectivity index (χ1n) is 17.1. The predicted molar refractivity (Wildman–Crippen MR) is 163 cm³/mol. The minimum atomic E-state index is -1.60. The first-order chi connectivity index (χ1) is 20.9. The van der Waals surface area contributed by atoms with Gasteiger partial charge in [0.2, 0.25) is 6.29 Å². The minimum Gasteiger partial charge on any atom is -0.432 e. The maximum absolute atomic E-state index is 14.3. The van der Waals surface area contributed by atoms with Gasteiger partial charge in [0.25, 0.3) is 0 Å². The summed E-state index contributed by atoms with van der Waals surface area (Å²) in [5.74, 6) is -1.23. The monoisotopic (exact) mass is 636 g/mol. The average molecular weight is 637 g/mol. The lowest BCUT2D eigenvalue weighted by molar-refractivity contribution is -0.275. The molecule has 6 aliphatic rings. The third kappa shape index (κ3) is 4.25. The number of rotatable bonds is 3. The van der Waals surface area contributed by atoms with E-state index in [0.717, 1.165) is 18.4 Å². The van der Waals surface area contributed by atoms with Crippen molar-refractivity contribution in [2.24, 2.45) is 50.7 Å². The summed E-state index contributed by atoms with van der Waals surface area (Å²) in [7, 11) is 0. The number of carbonyl (C=O) groups is 1. The highest BCUT2D eigenvalue weighted by Crippen LogP contribution is 2.76. The van der Waals surface area contributed by atoms with Crippen LogP contribution in [-0.2, 0) is 14.3 Å². The van der Waals surface area contributed by atoms with Gasteiger partial charge in [-0.15, -0.1) is 0 Å². The molecular weight excluding hydrogens is 580 g/mol. The average Bonchev–Trinajstić information content (AvgIpc) is 2.98. The Morgan fingerprint density at radius 2 is 1.62 bits per heavy atom. The molecule has 5 aliphatic carbocycles. The number of aliphatic hydroxyl groups excluding tert-OH is 6. The van der Waals surface area contributed by atoms with E-state index in [9.17, 15) is 40.5 Å². The summed E-state index contributed by atoms with van der Waals surface area (Å²) in [5, 5.41) is 76.3. The van der Waals surface area contributed by atoms with Gasteiger partial charge in [-0.25, -0.2) is 0 Å². The third-order valence-electron chi connectivity index (χ3n) is 15.4. The predicted octanol–water partition coefficient (Wildman–Crippen LogP) is 2.05. The Kier molecular flexibility index (Phi) is 8.03. The molecule has 0 radical (unpaired) electrons. The molecule has 0 aromatic heterocycles. The Hall–Kier alpha value is -1.11. The maximum Gasteiger partial charge on any atom is 0.315 e. The number of allylic oxidation sites excluding steroid dienone is 1. The zero-order valence-electron chi connectivity index (χ0n) is 27.8. The van der Waals surface area contributed by atoms with Gasteiger partial charge < -0.3 is 45.2 Å². The molecule has 256 valence electrons. The smallest absolute Gasteiger partial charge is 0.315 e. The molecule has 4 saturated carbocycles. The van der Waals surface area contributed by atoms with Gasteiger partial charge in [-0.1, -0.05) is 46.3 Å². The van der Waals surface area contributed by atoms with E-state index in [2.05, 4.69) is 26.8 Å². The van der Waals surface area contributed by atoms with Crippen LogP contribution < -0.4 is 0 Å². The molecule has 0 bridgehead atoms. The molecule has 5 fully saturated rings. The van der Waals surface area contributed by atoms with Gasteiger partial charge in [-0.3, -0.25) is 4.79 Å². The van der Waals surface area contributed by atoms with Crippen LogP contribution in [0, 0.1) is 50.7 Å². The summed E-state index contributed by atoms with van der Waals surface area (Å²) in [6.07, 6.45) is -0.453. The fourth-order valence-corrected chi connectivity index (χ4v) is 11.9. The van der Waals surface area contributed by atoms with Crippen molar-refractivity contribution in [3.63, 3.8) is 0 Å². The second-order valence-electron chi connectivity index (χ2n) is 17.0. The van der Waals surface area contributed by atoms with Crippen molar-refractivity contribution in [3.8, 4) is 0 Å². The molecule has 1 heterocycles. The zero-order chi connectivity index (χ0) is 33.1. The van der Waals surface area contributed by atoms with Crippen LogP contribution in [0.5, 0.6) is 0 Å². The lowest BCUT2D eigenvalue weighted by atomic mass is 9.32. The van der Waals surface area contributed by atoms with E-state index in [-0.39, 0.29) is 42.8 Å². The second-order valence-corrected chi connectivity index (χ2v) is 17.0. The van der Waals surface area contributed by atoms with E-state index >= 15 is 0 Å². The Balaban J connectivity index is 1.41. The Morgan fingerprint density at radius 1 is 0.933 bits per heavy atom. The van der Waals surface area contributed by atoms with Crippen LogP contribution >= 0.6 is 0 Å². The van der Waals surface area contributed by atoms with Crippen LogP contribution in [0.25, 0.3) is 0 Å². The zero-order valence-corrected chi connectivity index (χ0v) is 27.8. The normalized spacial score (nSPS) is 57.8. The van der Waals surface area contributed by atoms with Gasteiger partial charge in [0.1, 0.15) is 18.3 Å². The SMILES string of the molecule is CC1CCC2(C(=O)OC3OCC(O)C(O)C3O)CCC3(C)C(=CCC4C5(C)C(O)CC(O)C(C)(CO)C5CCC43C)C2C1(C)O. The first-order valence-corrected chi connectivity index (χ1v) is 17.1. The largest absolute Gasteiger partial charge is 0.432 e. The van der Waals surface area contributed by atoms with Crippen molar-refractivity contribution < 1.29 is 50.0 Å². The van der Waals surface area contributed by atoms with Crippen molar-refractivity contribution in [3.05, 3.63) is 11.6 Å². The molecule has 16 unspecified atom stereocenters. The lowest BCUT2D eigenvalue weighted by Crippen LogP contribution is -2.70. The number of ether oxygens (including phenoxy) is 2. The Bertz CT molecular complexity index is 1220. The van der Waals surface area contributed by atoms with Gasteiger partial charge in [0, 0.05) is 23.2 Å². The molecule has 0 amide bonds. The molecule has 6 rings (SSSR count). The summed E-state index contributed by atoms with van der Waals surface area (Å²) >= 11 is 0. The molecule has 1 saturated heterocycles. The van der Waals surface area contributed by atoms with Crippen molar-refractivity contribution in [1.82, 2.24) is 0 Å². The van der Waals surface area contributed by atoms with E-state index in [1.165, 1.54) is 0 Å². The summed E-state index contributed by atoms with van der Waals surface area (Å²) in [6, 6.07) is 0. The summed E-state index contributed by atoms with van der Waals surface area (Å²) in [4.78, 5) is 14.3. The van der Waals surface area contributed by atoms with Crippen LogP contribution in [0.15, 0.2) is 11.6 Å². The number of fused-ring (bicyclic) bond motifs is 7. The van der Waals surface area contributed by atoms with E-state index in [0.29, 0.717) is 32.1 Å². The van der Waals surface area contributed by atoms with Crippen LogP contribution in [0.2, 0.25) is 0 Å². The van der Waals surface area contributed by atoms with E-state index in [1.807, 2.05) is 20.8 Å². The van der Waals surface area contributed by atoms with Gasteiger partial charge in [0.05, 0.1) is 36.4 Å². The molecule has 10 heteroatoms. The Labute approximate surface area is 266 Å². The number of hydrogen-bond donors (Lipinski definition) is 7. The molecule has 45 heavy (non-hydrogen) atoms. The highest BCUT2D eigenvalue weighted by atomic mass is 16.7. The number of hydrogen-bond acceptors (Lipinski definition) is 10. The molecular formula is C35H56O10. The molecule has 1 aliphatic heterocycles. The van der Waals surface area contributed by atoms with E-state index in [1.54, 1.807) is 0 Å². The van der Waals surface area contributed by atoms with Crippen LogP contribution in [0.4, 0.5) is 0 Å². The second kappa shape index (κ2) is 10.7. The van der Waals surface area contributed by atoms with Crippen molar-refractivity contribution in [2.45, 2.75) is 135 Å². The summed E-state index contributed by atoms with van der Waals surface area (Å²) < 4.78 is 11.3. The standard InChI is InChI=1S/C35H56O10/c1-18-9-12-35(29(42)45-28-26(41)25(40)20(37)16-44-28)14-13-31(3)19(27(35)34(18,6)43)7-8-22-32(31,4)11-10-21-30(2,17-36)23(38)15-24(39)33(21,22)5/h7,18,20-28,36-41,43H,8-17H2,1-6H3. The van der Waals surface area contributed by atoms with Crippen molar-refractivity contribution >= 4 is 5.97 Å². The fraction of sp³-hybridized carbons (Fsp3) is 0.914. The number of esters is 1. The number of aliphatic hydroxyl groups is 7. The summed E-state index contributed by atoms with van der Waals surface area (Å²) in [5.41, 5.74) is -3.23. The van der Waals surface area contributed by atoms with E-state index in [4.69, 9.17) is 9.47 Å². The van der Waals surface area contributed by atoms with Gasteiger partial charge >= 0.3 is 5.97 Å². The van der Waals surface area contributed by atoms with Gasteiger partial charge in [-0.05, 0) is 80.5 Å². The molecule has 16 atom stereocenters. The van der Waals surface area contributed by atoms with Crippen molar-refractivity contribution in [2.75, 3.05) is 13.2 Å². The van der Waals surface area contributed by atoms with E-state index < -0.39 is 76.0 Å². The molecule has 0 aromatic rings. The molecule has 0 spiro atoms. The molecule has 7 N–H and O–H groups in total.